The van der Waals surface area contributed by atoms with Gasteiger partial charge in [0.15, 0.2) is 11.5 Å². The Balaban J connectivity index is 1.70. The van der Waals surface area contributed by atoms with E-state index in [2.05, 4.69) is 5.32 Å². The molecule has 0 saturated carbocycles. The SMILES string of the molecule is Cc1ccc([N+](=O)[O-])cc1-n1nc(-c2ccc3c(c2)OCO3)c2c1NCCCC2. The van der Waals surface area contributed by atoms with Gasteiger partial charge in [0.05, 0.1) is 16.3 Å². The van der Waals surface area contributed by atoms with E-state index in [1.54, 1.807) is 12.1 Å². The number of non-ortho nitro benzene ring substituents is 1. The summed E-state index contributed by atoms with van der Waals surface area (Å²) in [5.41, 5.74) is 4.59. The Labute approximate surface area is 167 Å². The Morgan fingerprint density at radius 1 is 1.14 bits per heavy atom. The van der Waals surface area contributed by atoms with Crippen molar-refractivity contribution in [1.82, 2.24) is 9.78 Å². The van der Waals surface area contributed by atoms with Crippen LogP contribution in [0.1, 0.15) is 24.0 Å². The predicted octanol–water partition coefficient (Wildman–Crippen LogP) is 4.23. The number of nitrogens with one attached hydrogen (secondary N) is 1. The number of nitrogens with zero attached hydrogens (tertiary/aromatic N) is 3. The maximum atomic E-state index is 11.3. The number of fused-ring (bicyclic) bond motifs is 2. The van der Waals surface area contributed by atoms with E-state index >= 15 is 0 Å². The van der Waals surface area contributed by atoms with Crippen molar-refractivity contribution in [2.75, 3.05) is 18.7 Å². The Hall–Kier alpha value is -3.55. The topological polar surface area (TPSA) is 91.5 Å². The first-order valence-corrected chi connectivity index (χ1v) is 9.63. The van der Waals surface area contributed by atoms with Crippen molar-refractivity contribution in [3.05, 3.63) is 57.6 Å². The zero-order valence-electron chi connectivity index (χ0n) is 16.0. The van der Waals surface area contributed by atoms with E-state index in [0.29, 0.717) is 11.4 Å². The number of anilines is 1. The Morgan fingerprint density at radius 2 is 2.00 bits per heavy atom. The lowest BCUT2D eigenvalue weighted by Gasteiger charge is -2.11. The fourth-order valence-corrected chi connectivity index (χ4v) is 3.89. The van der Waals surface area contributed by atoms with Crippen LogP contribution in [0.3, 0.4) is 0 Å². The minimum absolute atomic E-state index is 0.0492. The lowest BCUT2D eigenvalue weighted by Crippen LogP contribution is -2.08. The normalized spacial score (nSPS) is 14.8. The monoisotopic (exact) mass is 392 g/mol. The van der Waals surface area contributed by atoms with Crippen molar-refractivity contribution in [3.63, 3.8) is 0 Å². The van der Waals surface area contributed by atoms with E-state index in [-0.39, 0.29) is 17.4 Å². The van der Waals surface area contributed by atoms with Gasteiger partial charge >= 0.3 is 0 Å². The molecule has 2 aliphatic heterocycles. The van der Waals surface area contributed by atoms with Crippen LogP contribution in [0, 0.1) is 17.0 Å². The number of nitro groups is 1. The minimum atomic E-state index is -0.378. The van der Waals surface area contributed by atoms with Gasteiger partial charge in [0.25, 0.3) is 5.69 Å². The maximum Gasteiger partial charge on any atom is 0.271 e. The molecular formula is C21H20N4O4. The molecule has 8 heteroatoms. The molecule has 3 aromatic rings. The van der Waals surface area contributed by atoms with Crippen molar-refractivity contribution in [2.24, 2.45) is 0 Å². The third kappa shape index (κ3) is 2.97. The molecule has 0 spiro atoms. The lowest BCUT2D eigenvalue weighted by atomic mass is 10.0. The maximum absolute atomic E-state index is 11.3. The molecule has 0 aliphatic carbocycles. The zero-order valence-corrected chi connectivity index (χ0v) is 16.0. The lowest BCUT2D eigenvalue weighted by molar-refractivity contribution is -0.384. The zero-order chi connectivity index (χ0) is 20.0. The minimum Gasteiger partial charge on any atom is -0.454 e. The first-order chi connectivity index (χ1) is 14.1. The fourth-order valence-electron chi connectivity index (χ4n) is 3.89. The highest BCUT2D eigenvalue weighted by Gasteiger charge is 2.25. The molecule has 0 saturated heterocycles. The van der Waals surface area contributed by atoms with Crippen LogP contribution < -0.4 is 14.8 Å². The molecular weight excluding hydrogens is 372 g/mol. The summed E-state index contributed by atoms with van der Waals surface area (Å²) in [4.78, 5) is 10.9. The van der Waals surface area contributed by atoms with E-state index in [9.17, 15) is 10.1 Å². The van der Waals surface area contributed by atoms with Gasteiger partial charge in [-0.15, -0.1) is 0 Å². The van der Waals surface area contributed by atoms with Gasteiger partial charge in [0.2, 0.25) is 6.79 Å². The number of nitro benzene ring substituents is 1. The van der Waals surface area contributed by atoms with Crippen molar-refractivity contribution in [3.8, 4) is 28.4 Å². The molecule has 2 aromatic carbocycles. The summed E-state index contributed by atoms with van der Waals surface area (Å²) in [6, 6.07) is 10.7. The van der Waals surface area contributed by atoms with E-state index < -0.39 is 0 Å². The molecule has 0 atom stereocenters. The number of rotatable bonds is 3. The predicted molar refractivity (Wildman–Crippen MR) is 108 cm³/mol. The summed E-state index contributed by atoms with van der Waals surface area (Å²) < 4.78 is 12.8. The summed E-state index contributed by atoms with van der Waals surface area (Å²) in [5, 5.41) is 19.7. The molecule has 0 bridgehead atoms. The first kappa shape index (κ1) is 17.5. The average Bonchev–Trinajstić information content (AvgIpc) is 3.25. The highest BCUT2D eigenvalue weighted by atomic mass is 16.7. The summed E-state index contributed by atoms with van der Waals surface area (Å²) in [5.74, 6) is 2.34. The van der Waals surface area contributed by atoms with Gasteiger partial charge in [0.1, 0.15) is 5.82 Å². The highest BCUT2D eigenvalue weighted by molar-refractivity contribution is 5.74. The Bertz CT molecular complexity index is 1120. The number of benzene rings is 2. The molecule has 0 fully saturated rings. The number of hydrogen-bond acceptors (Lipinski definition) is 6. The summed E-state index contributed by atoms with van der Waals surface area (Å²) in [7, 11) is 0. The van der Waals surface area contributed by atoms with Gasteiger partial charge in [-0.1, -0.05) is 6.07 Å². The van der Waals surface area contributed by atoms with Gasteiger partial charge in [-0.05, 0) is 49.9 Å². The molecule has 1 N–H and O–H groups in total. The molecule has 1 aromatic heterocycles. The van der Waals surface area contributed by atoms with Gasteiger partial charge in [-0.2, -0.15) is 5.10 Å². The average molecular weight is 392 g/mol. The van der Waals surface area contributed by atoms with Crippen LogP contribution in [0.2, 0.25) is 0 Å². The summed E-state index contributed by atoms with van der Waals surface area (Å²) in [6.07, 6.45) is 3.00. The van der Waals surface area contributed by atoms with Crippen LogP contribution in [0.4, 0.5) is 11.5 Å². The fraction of sp³-hybridized carbons (Fsp3) is 0.286. The van der Waals surface area contributed by atoms with Crippen LogP contribution in [0.25, 0.3) is 16.9 Å². The van der Waals surface area contributed by atoms with Gasteiger partial charge in [0, 0.05) is 29.8 Å². The molecule has 5 rings (SSSR count). The van der Waals surface area contributed by atoms with Crippen LogP contribution >= 0.6 is 0 Å². The van der Waals surface area contributed by atoms with Crippen molar-refractivity contribution in [1.29, 1.82) is 0 Å². The smallest absolute Gasteiger partial charge is 0.271 e. The van der Waals surface area contributed by atoms with Crippen molar-refractivity contribution >= 4 is 11.5 Å². The third-order valence-corrected chi connectivity index (χ3v) is 5.41. The molecule has 148 valence electrons. The van der Waals surface area contributed by atoms with Crippen molar-refractivity contribution in [2.45, 2.75) is 26.2 Å². The second kappa shape index (κ2) is 6.80. The van der Waals surface area contributed by atoms with Gasteiger partial charge < -0.3 is 14.8 Å². The van der Waals surface area contributed by atoms with Crippen LogP contribution in [-0.2, 0) is 6.42 Å². The second-order valence-corrected chi connectivity index (χ2v) is 7.27. The Morgan fingerprint density at radius 3 is 2.86 bits per heavy atom. The summed E-state index contributed by atoms with van der Waals surface area (Å²) >= 11 is 0. The number of aryl methyl sites for hydroxylation is 1. The highest BCUT2D eigenvalue weighted by Crippen LogP contribution is 2.40. The molecule has 3 heterocycles. The molecule has 0 amide bonds. The quantitative estimate of drug-likeness (QED) is 0.530. The first-order valence-electron chi connectivity index (χ1n) is 9.63. The third-order valence-electron chi connectivity index (χ3n) is 5.41. The number of aromatic nitrogens is 2. The second-order valence-electron chi connectivity index (χ2n) is 7.27. The van der Waals surface area contributed by atoms with E-state index in [1.165, 1.54) is 6.07 Å². The largest absolute Gasteiger partial charge is 0.454 e. The van der Waals surface area contributed by atoms with E-state index in [4.69, 9.17) is 14.6 Å². The van der Waals surface area contributed by atoms with Crippen LogP contribution in [0.5, 0.6) is 11.5 Å². The molecule has 29 heavy (non-hydrogen) atoms. The van der Waals surface area contributed by atoms with Gasteiger partial charge in [-0.25, -0.2) is 4.68 Å². The summed E-state index contributed by atoms with van der Waals surface area (Å²) in [6.45, 7) is 3.00. The van der Waals surface area contributed by atoms with Crippen LogP contribution in [0.15, 0.2) is 36.4 Å². The molecule has 2 aliphatic rings. The molecule has 0 unspecified atom stereocenters. The van der Waals surface area contributed by atoms with Crippen molar-refractivity contribution < 1.29 is 14.4 Å². The van der Waals surface area contributed by atoms with Crippen LogP contribution in [-0.4, -0.2) is 28.0 Å². The standard InChI is InChI=1S/C21H20N4O4/c1-13-5-7-15(25(26)27)11-17(13)24-21-16(4-2-3-9-22-21)20(23-24)14-6-8-18-19(10-14)29-12-28-18/h5-8,10-11,22H,2-4,9,12H2,1H3. The van der Waals surface area contributed by atoms with E-state index in [0.717, 1.165) is 59.8 Å². The molecule has 8 nitrogen and oxygen atoms in total. The van der Waals surface area contributed by atoms with E-state index in [1.807, 2.05) is 29.8 Å². The van der Waals surface area contributed by atoms with Gasteiger partial charge in [-0.3, -0.25) is 10.1 Å². The number of ether oxygens (including phenoxy) is 2. The molecule has 0 radical (unpaired) electrons. The number of hydrogen-bond donors (Lipinski definition) is 1. The Kier molecular flexibility index (Phi) is 4.12.